The summed E-state index contributed by atoms with van der Waals surface area (Å²) >= 11 is 5.99. The Hall–Kier alpha value is -1.62. The second-order valence-corrected chi connectivity index (χ2v) is 3.03. The molecule has 6 heteroatoms. The Morgan fingerprint density at radius 2 is 2.07 bits per heavy atom. The zero-order valence-corrected chi connectivity index (χ0v) is 9.08. The molecule has 0 radical (unpaired) electrons. The Balaban J connectivity index is 3.35. The summed E-state index contributed by atoms with van der Waals surface area (Å²) in [5.41, 5.74) is 5.82. The van der Waals surface area contributed by atoms with E-state index in [2.05, 4.69) is 5.16 Å². The highest BCUT2D eigenvalue weighted by molar-refractivity contribution is 6.35. The van der Waals surface area contributed by atoms with Gasteiger partial charge in [-0.05, 0) is 12.1 Å². The Morgan fingerprint density at radius 3 is 2.53 bits per heavy atom. The first-order chi connectivity index (χ1) is 7.15. The second kappa shape index (κ2) is 4.75. The van der Waals surface area contributed by atoms with E-state index < -0.39 is 0 Å². The molecule has 3 N–H and O–H groups in total. The summed E-state index contributed by atoms with van der Waals surface area (Å²) in [5, 5.41) is 11.6. The Kier molecular flexibility index (Phi) is 3.62. The first kappa shape index (κ1) is 11.5. The van der Waals surface area contributed by atoms with Gasteiger partial charge in [0.1, 0.15) is 0 Å². The topological polar surface area (TPSA) is 77.1 Å². The van der Waals surface area contributed by atoms with Crippen LogP contribution in [-0.2, 0) is 0 Å². The van der Waals surface area contributed by atoms with E-state index in [9.17, 15) is 0 Å². The molecule has 0 amide bonds. The maximum absolute atomic E-state index is 8.53. The molecule has 82 valence electrons. The van der Waals surface area contributed by atoms with Crippen LogP contribution in [0.15, 0.2) is 17.3 Å². The van der Waals surface area contributed by atoms with Crippen molar-refractivity contribution in [3.05, 3.63) is 22.7 Å². The van der Waals surface area contributed by atoms with Crippen LogP contribution in [0.2, 0.25) is 5.02 Å². The number of rotatable bonds is 3. The fraction of sp³-hybridized carbons (Fsp3) is 0.222. The van der Waals surface area contributed by atoms with Crippen molar-refractivity contribution in [2.45, 2.75) is 0 Å². The number of halogens is 1. The largest absolute Gasteiger partial charge is 0.493 e. The maximum atomic E-state index is 8.53. The number of nitrogens with two attached hydrogens (primary N) is 1. The summed E-state index contributed by atoms with van der Waals surface area (Å²) in [6.45, 7) is 0. The van der Waals surface area contributed by atoms with Crippen LogP contribution in [0.5, 0.6) is 11.5 Å². The molecule has 0 bridgehead atoms. The zero-order chi connectivity index (χ0) is 11.4. The van der Waals surface area contributed by atoms with Gasteiger partial charge >= 0.3 is 0 Å². The minimum atomic E-state index is -0.0825. The normalized spacial score (nSPS) is 11.3. The van der Waals surface area contributed by atoms with Crippen LogP contribution in [-0.4, -0.2) is 25.3 Å². The molecular weight excluding hydrogens is 220 g/mol. The average Bonchev–Trinajstić information content (AvgIpc) is 2.27. The number of benzene rings is 1. The van der Waals surface area contributed by atoms with Crippen molar-refractivity contribution in [2.75, 3.05) is 14.2 Å². The fourth-order valence-electron chi connectivity index (χ4n) is 1.14. The molecule has 0 aliphatic rings. The van der Waals surface area contributed by atoms with E-state index in [-0.39, 0.29) is 10.9 Å². The summed E-state index contributed by atoms with van der Waals surface area (Å²) in [5.74, 6) is 0.751. The van der Waals surface area contributed by atoms with Crippen molar-refractivity contribution in [1.82, 2.24) is 0 Å². The lowest BCUT2D eigenvalue weighted by Crippen LogP contribution is -2.14. The smallest absolute Gasteiger partial charge is 0.180 e. The van der Waals surface area contributed by atoms with Crippen LogP contribution in [0, 0.1) is 0 Å². The van der Waals surface area contributed by atoms with E-state index in [1.165, 1.54) is 14.2 Å². The van der Waals surface area contributed by atoms with Gasteiger partial charge in [0.25, 0.3) is 0 Å². The van der Waals surface area contributed by atoms with Crippen LogP contribution in [0.1, 0.15) is 5.56 Å². The van der Waals surface area contributed by atoms with Gasteiger partial charge in [-0.15, -0.1) is 0 Å². The lowest BCUT2D eigenvalue weighted by molar-refractivity contribution is 0.318. The Bertz CT molecular complexity index is 393. The summed E-state index contributed by atoms with van der Waals surface area (Å²) in [6.07, 6.45) is 0. The van der Waals surface area contributed by atoms with E-state index in [0.29, 0.717) is 17.1 Å². The predicted octanol–water partition coefficient (Wildman–Crippen LogP) is 1.45. The molecule has 1 aromatic rings. The van der Waals surface area contributed by atoms with Crippen molar-refractivity contribution < 1.29 is 14.7 Å². The van der Waals surface area contributed by atoms with Gasteiger partial charge in [0.2, 0.25) is 0 Å². The van der Waals surface area contributed by atoms with Gasteiger partial charge < -0.3 is 20.4 Å². The molecule has 0 aliphatic heterocycles. The fourth-order valence-corrected chi connectivity index (χ4v) is 1.47. The van der Waals surface area contributed by atoms with E-state index in [1.807, 2.05) is 0 Å². The van der Waals surface area contributed by atoms with E-state index in [4.69, 9.17) is 32.0 Å². The van der Waals surface area contributed by atoms with E-state index in [0.717, 1.165) is 0 Å². The van der Waals surface area contributed by atoms with Crippen LogP contribution in [0.4, 0.5) is 0 Å². The van der Waals surface area contributed by atoms with Gasteiger partial charge in [0, 0.05) is 5.56 Å². The van der Waals surface area contributed by atoms with Crippen LogP contribution in [0.25, 0.3) is 0 Å². The molecule has 1 rings (SSSR count). The van der Waals surface area contributed by atoms with Gasteiger partial charge in [-0.2, -0.15) is 0 Å². The molecule has 0 aromatic heterocycles. The van der Waals surface area contributed by atoms with Gasteiger partial charge in [0.05, 0.1) is 19.2 Å². The van der Waals surface area contributed by atoms with Crippen molar-refractivity contribution in [3.63, 3.8) is 0 Å². The Morgan fingerprint density at radius 1 is 1.40 bits per heavy atom. The highest BCUT2D eigenvalue weighted by atomic mass is 35.5. The third-order valence-electron chi connectivity index (χ3n) is 1.87. The monoisotopic (exact) mass is 230 g/mol. The summed E-state index contributed by atoms with van der Waals surface area (Å²) in [6, 6.07) is 3.21. The minimum absolute atomic E-state index is 0.0825. The molecule has 0 fully saturated rings. The molecular formula is C9H11ClN2O3. The van der Waals surface area contributed by atoms with Crippen LogP contribution >= 0.6 is 11.6 Å². The molecule has 0 atom stereocenters. The van der Waals surface area contributed by atoms with Crippen molar-refractivity contribution >= 4 is 17.4 Å². The van der Waals surface area contributed by atoms with Crippen molar-refractivity contribution in [2.24, 2.45) is 10.9 Å². The van der Waals surface area contributed by atoms with E-state index >= 15 is 0 Å². The van der Waals surface area contributed by atoms with Gasteiger partial charge in [0.15, 0.2) is 17.3 Å². The summed E-state index contributed by atoms with van der Waals surface area (Å²) < 4.78 is 10.1. The number of ether oxygens (including phenoxy) is 2. The highest BCUT2D eigenvalue weighted by Crippen LogP contribution is 2.36. The summed E-state index contributed by atoms with van der Waals surface area (Å²) in [7, 11) is 2.96. The number of nitrogens with zero attached hydrogens (tertiary/aromatic N) is 1. The first-order valence-electron chi connectivity index (χ1n) is 4.04. The predicted molar refractivity (Wildman–Crippen MR) is 57.1 cm³/mol. The lowest BCUT2D eigenvalue weighted by Gasteiger charge is -2.11. The number of oxime groups is 1. The average molecular weight is 231 g/mol. The highest BCUT2D eigenvalue weighted by Gasteiger charge is 2.15. The molecule has 15 heavy (non-hydrogen) atoms. The maximum Gasteiger partial charge on any atom is 0.180 e. The molecule has 0 heterocycles. The SMILES string of the molecule is COc1ccc(C(N)=NO)c(Cl)c1OC. The summed E-state index contributed by atoms with van der Waals surface area (Å²) in [4.78, 5) is 0. The second-order valence-electron chi connectivity index (χ2n) is 2.65. The molecule has 0 unspecified atom stereocenters. The molecule has 0 saturated heterocycles. The third kappa shape index (κ3) is 2.07. The van der Waals surface area contributed by atoms with Gasteiger partial charge in [-0.25, -0.2) is 0 Å². The third-order valence-corrected chi connectivity index (χ3v) is 2.24. The number of methoxy groups -OCH3 is 2. The number of hydrogen-bond acceptors (Lipinski definition) is 4. The van der Waals surface area contributed by atoms with Crippen LogP contribution in [0.3, 0.4) is 0 Å². The number of amidine groups is 1. The van der Waals surface area contributed by atoms with Crippen molar-refractivity contribution in [1.29, 1.82) is 0 Å². The molecule has 0 aliphatic carbocycles. The molecule has 1 aromatic carbocycles. The standard InChI is InChI=1S/C9H11ClN2O3/c1-14-6-4-3-5(9(11)12-13)7(10)8(6)15-2/h3-4,13H,1-2H3,(H2,11,12). The molecule has 0 spiro atoms. The quantitative estimate of drug-likeness (QED) is 0.357. The molecule has 5 nitrogen and oxygen atoms in total. The first-order valence-corrected chi connectivity index (χ1v) is 4.41. The minimum Gasteiger partial charge on any atom is -0.493 e. The number of hydrogen-bond donors (Lipinski definition) is 2. The van der Waals surface area contributed by atoms with E-state index in [1.54, 1.807) is 12.1 Å². The lowest BCUT2D eigenvalue weighted by atomic mass is 10.2. The van der Waals surface area contributed by atoms with Crippen LogP contribution < -0.4 is 15.2 Å². The van der Waals surface area contributed by atoms with Crippen molar-refractivity contribution in [3.8, 4) is 11.5 Å². The molecule has 0 saturated carbocycles. The zero-order valence-electron chi connectivity index (χ0n) is 8.32. The van der Waals surface area contributed by atoms with Gasteiger partial charge in [-0.1, -0.05) is 16.8 Å². The van der Waals surface area contributed by atoms with Gasteiger partial charge in [-0.3, -0.25) is 0 Å². The Labute approximate surface area is 92.0 Å².